The van der Waals surface area contributed by atoms with E-state index in [-0.39, 0.29) is 6.04 Å². The number of hydrogen-bond donors (Lipinski definition) is 1. The highest BCUT2D eigenvalue weighted by atomic mass is 16.5. The molecule has 19 heavy (non-hydrogen) atoms. The van der Waals surface area contributed by atoms with Gasteiger partial charge in [-0.05, 0) is 31.5 Å². The van der Waals surface area contributed by atoms with Crippen LogP contribution in [-0.2, 0) is 0 Å². The van der Waals surface area contributed by atoms with Crippen molar-refractivity contribution in [1.82, 2.24) is 4.90 Å². The highest BCUT2D eigenvalue weighted by molar-refractivity contribution is 5.30. The Bertz CT molecular complexity index is 426. The van der Waals surface area contributed by atoms with Crippen LogP contribution in [0.25, 0.3) is 0 Å². The molecule has 104 valence electrons. The molecule has 4 heteroatoms. The second-order valence-corrected chi connectivity index (χ2v) is 4.77. The van der Waals surface area contributed by atoms with Crippen molar-refractivity contribution in [2.75, 3.05) is 20.2 Å². The average Bonchev–Trinajstić information content (AvgIpc) is 2.43. The van der Waals surface area contributed by atoms with Crippen LogP contribution >= 0.6 is 0 Å². The van der Waals surface area contributed by atoms with Crippen molar-refractivity contribution in [3.05, 3.63) is 29.8 Å². The largest absolute Gasteiger partial charge is 0.497 e. The molecule has 4 nitrogen and oxygen atoms in total. The Morgan fingerprint density at radius 1 is 1.42 bits per heavy atom. The van der Waals surface area contributed by atoms with Crippen molar-refractivity contribution in [3.8, 4) is 11.8 Å². The van der Waals surface area contributed by atoms with Crippen molar-refractivity contribution in [3.63, 3.8) is 0 Å². The summed E-state index contributed by atoms with van der Waals surface area (Å²) in [6.45, 7) is 5.50. The molecule has 1 atom stereocenters. The maximum absolute atomic E-state index is 8.78. The van der Waals surface area contributed by atoms with Crippen molar-refractivity contribution in [2.24, 2.45) is 5.73 Å². The minimum Gasteiger partial charge on any atom is -0.497 e. The van der Waals surface area contributed by atoms with E-state index in [9.17, 15) is 0 Å². The third-order valence-corrected chi connectivity index (χ3v) is 3.25. The summed E-state index contributed by atoms with van der Waals surface area (Å²) in [6.07, 6.45) is 0.513. The number of rotatable bonds is 7. The fraction of sp³-hybridized carbons (Fsp3) is 0.533. The molecule has 2 N–H and O–H groups in total. The summed E-state index contributed by atoms with van der Waals surface area (Å²) in [5.74, 6) is 0.833. The van der Waals surface area contributed by atoms with E-state index in [4.69, 9.17) is 15.7 Å². The molecule has 0 heterocycles. The second kappa shape index (κ2) is 7.78. The summed E-state index contributed by atoms with van der Waals surface area (Å²) < 4.78 is 5.26. The van der Waals surface area contributed by atoms with Gasteiger partial charge in [0.05, 0.1) is 13.2 Å². The van der Waals surface area contributed by atoms with E-state index >= 15 is 0 Å². The molecule has 1 rings (SSSR count). The second-order valence-electron chi connectivity index (χ2n) is 4.77. The first kappa shape index (κ1) is 15.5. The first-order chi connectivity index (χ1) is 9.13. The zero-order valence-electron chi connectivity index (χ0n) is 12.0. The van der Waals surface area contributed by atoms with Crippen molar-refractivity contribution < 1.29 is 4.74 Å². The number of hydrogen-bond acceptors (Lipinski definition) is 4. The van der Waals surface area contributed by atoms with Gasteiger partial charge in [-0.25, -0.2) is 0 Å². The molecule has 0 fully saturated rings. The Labute approximate surface area is 115 Å². The number of nitriles is 1. The van der Waals surface area contributed by atoms with Crippen LogP contribution in [0.15, 0.2) is 24.3 Å². The lowest BCUT2D eigenvalue weighted by Crippen LogP contribution is -2.39. The predicted molar refractivity (Wildman–Crippen MR) is 76.9 cm³/mol. The van der Waals surface area contributed by atoms with E-state index in [2.05, 4.69) is 30.9 Å². The van der Waals surface area contributed by atoms with Gasteiger partial charge in [-0.15, -0.1) is 0 Å². The monoisotopic (exact) mass is 261 g/mol. The van der Waals surface area contributed by atoms with E-state index in [0.717, 1.165) is 17.9 Å². The fourth-order valence-electron chi connectivity index (χ4n) is 2.26. The van der Waals surface area contributed by atoms with Gasteiger partial charge in [-0.1, -0.05) is 12.1 Å². The van der Waals surface area contributed by atoms with E-state index in [0.29, 0.717) is 19.0 Å². The molecule has 0 aliphatic heterocycles. The van der Waals surface area contributed by atoms with Crippen LogP contribution in [0, 0.1) is 11.3 Å². The van der Waals surface area contributed by atoms with Gasteiger partial charge >= 0.3 is 0 Å². The lowest BCUT2D eigenvalue weighted by Gasteiger charge is -2.34. The van der Waals surface area contributed by atoms with Gasteiger partial charge < -0.3 is 10.5 Å². The Hall–Kier alpha value is -1.57. The normalized spacial score (nSPS) is 12.5. The molecule has 0 bridgehead atoms. The zero-order chi connectivity index (χ0) is 14.3. The lowest BCUT2D eigenvalue weighted by molar-refractivity contribution is 0.160. The van der Waals surface area contributed by atoms with Gasteiger partial charge in [0.2, 0.25) is 0 Å². The molecule has 0 aliphatic rings. The fourth-order valence-corrected chi connectivity index (χ4v) is 2.26. The summed E-state index contributed by atoms with van der Waals surface area (Å²) in [5, 5.41) is 8.78. The van der Waals surface area contributed by atoms with Crippen LogP contribution < -0.4 is 10.5 Å². The van der Waals surface area contributed by atoms with E-state index in [1.165, 1.54) is 0 Å². The molecule has 1 aromatic rings. The summed E-state index contributed by atoms with van der Waals surface area (Å²) in [5.41, 5.74) is 7.07. The molecule has 1 unspecified atom stereocenters. The lowest BCUT2D eigenvalue weighted by atomic mass is 10.0. The van der Waals surface area contributed by atoms with Crippen LogP contribution in [0.1, 0.15) is 31.9 Å². The van der Waals surface area contributed by atoms with Crippen LogP contribution in [0.5, 0.6) is 5.75 Å². The van der Waals surface area contributed by atoms with Gasteiger partial charge in [0.1, 0.15) is 5.75 Å². The number of methoxy groups -OCH3 is 1. The number of nitrogens with two attached hydrogens (primary N) is 1. The highest BCUT2D eigenvalue weighted by Gasteiger charge is 2.21. The zero-order valence-corrected chi connectivity index (χ0v) is 12.0. The molecular formula is C15H23N3O. The SMILES string of the molecule is COc1cccc(C(CN)N(CCC#N)C(C)C)c1. The van der Waals surface area contributed by atoms with Crippen molar-refractivity contribution in [2.45, 2.75) is 32.4 Å². The maximum Gasteiger partial charge on any atom is 0.119 e. The molecule has 0 amide bonds. The van der Waals surface area contributed by atoms with Crippen molar-refractivity contribution in [1.29, 1.82) is 5.26 Å². The Kier molecular flexibility index (Phi) is 6.34. The highest BCUT2D eigenvalue weighted by Crippen LogP contribution is 2.25. The summed E-state index contributed by atoms with van der Waals surface area (Å²) in [7, 11) is 1.66. The van der Waals surface area contributed by atoms with Gasteiger partial charge in [-0.2, -0.15) is 5.26 Å². The summed E-state index contributed by atoms with van der Waals surface area (Å²) in [4.78, 5) is 2.26. The smallest absolute Gasteiger partial charge is 0.119 e. The molecule has 0 saturated heterocycles. The maximum atomic E-state index is 8.78. The number of nitrogens with zero attached hydrogens (tertiary/aromatic N) is 2. The van der Waals surface area contributed by atoms with Crippen LogP contribution in [0.2, 0.25) is 0 Å². The minimum atomic E-state index is 0.114. The van der Waals surface area contributed by atoms with Gasteiger partial charge in [0.25, 0.3) is 0 Å². The molecule has 0 saturated carbocycles. The Morgan fingerprint density at radius 2 is 2.16 bits per heavy atom. The number of benzene rings is 1. The molecule has 0 aliphatic carbocycles. The summed E-state index contributed by atoms with van der Waals surface area (Å²) in [6, 6.07) is 10.6. The van der Waals surface area contributed by atoms with E-state index in [1.54, 1.807) is 7.11 Å². The van der Waals surface area contributed by atoms with Crippen LogP contribution in [0.3, 0.4) is 0 Å². The molecule has 0 radical (unpaired) electrons. The Balaban J connectivity index is 2.98. The topological polar surface area (TPSA) is 62.3 Å². The molecule has 0 aromatic heterocycles. The van der Waals surface area contributed by atoms with Gasteiger partial charge in [-0.3, -0.25) is 4.90 Å². The molecule has 1 aromatic carbocycles. The quantitative estimate of drug-likeness (QED) is 0.818. The third-order valence-electron chi connectivity index (χ3n) is 3.25. The third kappa shape index (κ3) is 4.23. The first-order valence-electron chi connectivity index (χ1n) is 6.60. The first-order valence-corrected chi connectivity index (χ1v) is 6.60. The van der Waals surface area contributed by atoms with Gasteiger partial charge in [0.15, 0.2) is 0 Å². The van der Waals surface area contributed by atoms with Gasteiger partial charge in [0, 0.05) is 31.6 Å². The predicted octanol–water partition coefficient (Wildman–Crippen LogP) is 2.32. The minimum absolute atomic E-state index is 0.114. The van der Waals surface area contributed by atoms with E-state index in [1.807, 2.05) is 18.2 Å². The number of ether oxygens (including phenoxy) is 1. The van der Waals surface area contributed by atoms with E-state index < -0.39 is 0 Å². The van der Waals surface area contributed by atoms with Crippen LogP contribution in [0.4, 0.5) is 0 Å². The van der Waals surface area contributed by atoms with Crippen LogP contribution in [-0.4, -0.2) is 31.1 Å². The summed E-state index contributed by atoms with van der Waals surface area (Å²) >= 11 is 0. The molecule has 0 spiro atoms. The standard InChI is InChI=1S/C15H23N3O/c1-12(2)18(9-5-8-16)15(11-17)13-6-4-7-14(10-13)19-3/h4,6-7,10,12,15H,5,9,11,17H2,1-3H3. The average molecular weight is 261 g/mol. The Morgan fingerprint density at radius 3 is 2.68 bits per heavy atom. The molecular weight excluding hydrogens is 238 g/mol. The van der Waals surface area contributed by atoms with Crippen molar-refractivity contribution >= 4 is 0 Å².